The van der Waals surface area contributed by atoms with Crippen molar-refractivity contribution in [1.82, 2.24) is 0 Å². The monoisotopic (exact) mass is 464 g/mol. The molecule has 6 nitrogen and oxygen atoms in total. The number of benzene rings is 2. The van der Waals surface area contributed by atoms with Crippen LogP contribution in [0.2, 0.25) is 0 Å². The number of aliphatic imine (C=N–C) groups is 1. The molecule has 0 bridgehead atoms. The van der Waals surface area contributed by atoms with E-state index in [2.05, 4.69) is 4.99 Å². The molecule has 1 N–H and O–H groups in total. The first kappa shape index (κ1) is 23.3. The summed E-state index contributed by atoms with van der Waals surface area (Å²) in [6.07, 6.45) is 0.249. The predicted molar refractivity (Wildman–Crippen MR) is 132 cm³/mol. The van der Waals surface area contributed by atoms with Crippen molar-refractivity contribution in [2.45, 2.75) is 32.9 Å². The van der Waals surface area contributed by atoms with E-state index < -0.39 is 17.7 Å². The lowest BCUT2D eigenvalue weighted by Crippen LogP contribution is -2.31. The van der Waals surface area contributed by atoms with Crippen molar-refractivity contribution >= 4 is 34.2 Å². The van der Waals surface area contributed by atoms with Crippen molar-refractivity contribution in [2.75, 3.05) is 24.3 Å². The number of ether oxygens (including phenoxy) is 1. The summed E-state index contributed by atoms with van der Waals surface area (Å²) < 4.78 is 5.37. The lowest BCUT2D eigenvalue weighted by atomic mass is 9.89. The van der Waals surface area contributed by atoms with Crippen LogP contribution in [0.25, 0.3) is 0 Å². The third-order valence-electron chi connectivity index (χ3n) is 5.73. The third kappa shape index (κ3) is 4.61. The van der Waals surface area contributed by atoms with E-state index in [4.69, 9.17) is 4.74 Å². The van der Waals surface area contributed by atoms with Gasteiger partial charge in [-0.1, -0.05) is 50.2 Å². The predicted octanol–water partition coefficient (Wildman–Crippen LogP) is 4.84. The number of thioether (sulfide) groups is 1. The summed E-state index contributed by atoms with van der Waals surface area (Å²) in [5.74, 6) is -0.193. The summed E-state index contributed by atoms with van der Waals surface area (Å²) in [5, 5.41) is 11.9. The molecule has 1 unspecified atom stereocenters. The number of rotatable bonds is 8. The third-order valence-corrected chi connectivity index (χ3v) is 6.75. The molecule has 1 amide bonds. The lowest BCUT2D eigenvalue weighted by molar-refractivity contribution is -0.118. The number of aliphatic hydroxyl groups is 1. The van der Waals surface area contributed by atoms with Gasteiger partial charge in [-0.2, -0.15) is 0 Å². The van der Waals surface area contributed by atoms with E-state index in [1.807, 2.05) is 62.4 Å². The van der Waals surface area contributed by atoms with E-state index in [0.29, 0.717) is 12.3 Å². The Morgan fingerprint density at radius 3 is 2.58 bits per heavy atom. The topological polar surface area (TPSA) is 79.2 Å². The molecule has 0 fully saturated rings. The Balaban J connectivity index is 1.80. The normalized spacial score (nSPS) is 18.4. The average Bonchev–Trinajstić information content (AvgIpc) is 3.42. The van der Waals surface area contributed by atoms with Crippen molar-refractivity contribution in [3.8, 4) is 0 Å². The van der Waals surface area contributed by atoms with Gasteiger partial charge in [0.25, 0.3) is 5.91 Å². The van der Waals surface area contributed by atoms with Crippen LogP contribution in [0.1, 0.15) is 43.0 Å². The molecule has 2 heterocycles. The lowest BCUT2D eigenvalue weighted by Gasteiger charge is -2.29. The van der Waals surface area contributed by atoms with Crippen molar-refractivity contribution in [3.63, 3.8) is 0 Å². The molecule has 0 aromatic heterocycles. The minimum Gasteiger partial charge on any atom is -0.503 e. The van der Waals surface area contributed by atoms with Gasteiger partial charge in [0, 0.05) is 37.1 Å². The number of Topliss-reactive ketones (excluding diaryl/α,β-unsaturated/α-hetero) is 1. The maximum Gasteiger partial charge on any atom is 0.294 e. The highest BCUT2D eigenvalue weighted by molar-refractivity contribution is 8.14. The van der Waals surface area contributed by atoms with Gasteiger partial charge in [0.2, 0.25) is 0 Å². The molecule has 0 spiro atoms. The number of hydrogen-bond donors (Lipinski definition) is 1. The highest BCUT2D eigenvalue weighted by Crippen LogP contribution is 2.43. The Kier molecular flexibility index (Phi) is 7.00. The van der Waals surface area contributed by atoms with E-state index >= 15 is 0 Å². The van der Waals surface area contributed by atoms with Crippen LogP contribution in [0.3, 0.4) is 0 Å². The number of aliphatic hydroxyl groups excluding tert-OH is 1. The number of carbonyl (C=O) groups excluding carboxylic acids is 2. The zero-order valence-electron chi connectivity index (χ0n) is 19.1. The molecule has 2 aromatic carbocycles. The fourth-order valence-electron chi connectivity index (χ4n) is 4.29. The van der Waals surface area contributed by atoms with Crippen LogP contribution in [0.15, 0.2) is 64.9 Å². The zero-order valence-corrected chi connectivity index (χ0v) is 19.9. The molecule has 2 aromatic rings. The summed E-state index contributed by atoms with van der Waals surface area (Å²) in [7, 11) is 1.61. The number of ketones is 1. The van der Waals surface area contributed by atoms with Crippen molar-refractivity contribution < 1.29 is 19.4 Å². The number of nitrogens with zero attached hydrogens (tertiary/aromatic N) is 2. The first-order valence-corrected chi connectivity index (χ1v) is 12.0. The van der Waals surface area contributed by atoms with Crippen LogP contribution in [0.5, 0.6) is 0 Å². The van der Waals surface area contributed by atoms with E-state index in [-0.39, 0.29) is 23.7 Å². The molecular weight excluding hydrogens is 436 g/mol. The molecule has 0 aliphatic carbocycles. The van der Waals surface area contributed by atoms with Crippen LogP contribution in [0.4, 0.5) is 5.69 Å². The number of carbonyl (C=O) groups is 2. The summed E-state index contributed by atoms with van der Waals surface area (Å²) in [6, 6.07) is 14.4. The van der Waals surface area contributed by atoms with E-state index in [1.54, 1.807) is 18.9 Å². The molecule has 33 heavy (non-hydrogen) atoms. The number of hydrogen-bond acceptors (Lipinski definition) is 6. The van der Waals surface area contributed by atoms with Gasteiger partial charge in [-0.25, -0.2) is 0 Å². The molecule has 0 saturated heterocycles. The smallest absolute Gasteiger partial charge is 0.294 e. The quantitative estimate of drug-likeness (QED) is 0.605. The van der Waals surface area contributed by atoms with Gasteiger partial charge in [0.1, 0.15) is 0 Å². The summed E-state index contributed by atoms with van der Waals surface area (Å²) in [6.45, 7) is 5.03. The molecule has 172 valence electrons. The second-order valence-corrected chi connectivity index (χ2v) is 9.66. The fourth-order valence-corrected chi connectivity index (χ4v) is 5.15. The molecule has 4 rings (SSSR count). The Hall–Kier alpha value is -2.90. The van der Waals surface area contributed by atoms with Gasteiger partial charge in [0.05, 0.1) is 23.3 Å². The van der Waals surface area contributed by atoms with E-state index in [9.17, 15) is 14.7 Å². The first-order valence-electron chi connectivity index (χ1n) is 11.1. The summed E-state index contributed by atoms with van der Waals surface area (Å²) in [4.78, 5) is 32.6. The second kappa shape index (κ2) is 9.93. The van der Waals surface area contributed by atoms with Gasteiger partial charge in [0.15, 0.2) is 11.5 Å². The van der Waals surface area contributed by atoms with Gasteiger partial charge < -0.3 is 9.84 Å². The van der Waals surface area contributed by atoms with Gasteiger partial charge in [-0.3, -0.25) is 19.5 Å². The largest absolute Gasteiger partial charge is 0.503 e. The number of methoxy groups -OCH3 is 1. The molecule has 7 heteroatoms. The Morgan fingerprint density at radius 2 is 1.94 bits per heavy atom. The van der Waals surface area contributed by atoms with E-state index in [0.717, 1.165) is 34.0 Å². The highest BCUT2D eigenvalue weighted by atomic mass is 32.2. The summed E-state index contributed by atoms with van der Waals surface area (Å²) >= 11 is 1.71. The molecule has 2 aliphatic rings. The van der Waals surface area contributed by atoms with Crippen molar-refractivity contribution in [2.24, 2.45) is 10.9 Å². The summed E-state index contributed by atoms with van der Waals surface area (Å²) in [5.41, 5.74) is 3.39. The van der Waals surface area contributed by atoms with Gasteiger partial charge >= 0.3 is 0 Å². The van der Waals surface area contributed by atoms with Gasteiger partial charge in [-0.15, -0.1) is 11.8 Å². The van der Waals surface area contributed by atoms with Crippen molar-refractivity contribution in [3.05, 3.63) is 76.6 Å². The minimum atomic E-state index is -0.723. The SMILES string of the molecule is COCc1ccccc1C1C(C(=O)CC(C)C)=C(O)C(=O)N1c1ccc(C2=NCCS2)cc1. The van der Waals surface area contributed by atoms with Crippen LogP contribution in [0, 0.1) is 5.92 Å². The zero-order chi connectivity index (χ0) is 23.5. The number of anilines is 1. The van der Waals surface area contributed by atoms with Crippen LogP contribution < -0.4 is 4.90 Å². The standard InChI is InChI=1S/C26H28N2O4S/c1-16(2)14-21(29)22-23(20-7-5-4-6-18(20)15-32-3)28(26(31)24(22)30)19-10-8-17(9-11-19)25-27-12-13-33-25/h4-11,16,23,30H,12-15H2,1-3H3. The first-order chi connectivity index (χ1) is 15.9. The van der Waals surface area contributed by atoms with Gasteiger partial charge in [-0.05, 0) is 29.2 Å². The molecule has 0 saturated carbocycles. The van der Waals surface area contributed by atoms with E-state index in [1.165, 1.54) is 4.90 Å². The maximum absolute atomic E-state index is 13.3. The highest BCUT2D eigenvalue weighted by Gasteiger charge is 2.44. The Bertz CT molecular complexity index is 1120. The maximum atomic E-state index is 13.3. The molecule has 1 atom stereocenters. The van der Waals surface area contributed by atoms with Crippen LogP contribution in [-0.4, -0.2) is 41.2 Å². The fraction of sp³-hybridized carbons (Fsp3) is 0.346. The van der Waals surface area contributed by atoms with Crippen molar-refractivity contribution in [1.29, 1.82) is 0 Å². The van der Waals surface area contributed by atoms with Crippen LogP contribution >= 0.6 is 11.8 Å². The Labute approximate surface area is 198 Å². The molecule has 0 radical (unpaired) electrons. The molecular formula is C26H28N2O4S. The average molecular weight is 465 g/mol. The number of amides is 1. The molecule has 2 aliphatic heterocycles. The second-order valence-electron chi connectivity index (χ2n) is 8.58. The van der Waals surface area contributed by atoms with Crippen LogP contribution in [-0.2, 0) is 20.9 Å². The minimum absolute atomic E-state index is 0.0980. The Morgan fingerprint density at radius 1 is 1.21 bits per heavy atom.